The van der Waals surface area contributed by atoms with Gasteiger partial charge in [0.25, 0.3) is 0 Å². The van der Waals surface area contributed by atoms with Gasteiger partial charge in [-0.05, 0) is 37.1 Å². The van der Waals surface area contributed by atoms with Crippen molar-refractivity contribution in [1.82, 2.24) is 4.90 Å². The van der Waals surface area contributed by atoms with Gasteiger partial charge in [-0.2, -0.15) is 4.99 Å². The van der Waals surface area contributed by atoms with Crippen LogP contribution in [-0.2, 0) is 0 Å². The van der Waals surface area contributed by atoms with Crippen LogP contribution in [0.5, 0.6) is 0 Å². The molecule has 0 aromatic heterocycles. The molecule has 0 saturated carbocycles. The van der Waals surface area contributed by atoms with Crippen LogP contribution in [0.2, 0.25) is 0 Å². The molecule has 6 heteroatoms. The highest BCUT2D eigenvalue weighted by atomic mass is 79.9. The topological polar surface area (TPSA) is 80.0 Å². The second-order valence-corrected chi connectivity index (χ2v) is 5.03. The molecule has 1 aromatic carbocycles. The number of hydrogen-bond donors (Lipinski definition) is 2. The van der Waals surface area contributed by atoms with E-state index in [-0.39, 0.29) is 5.96 Å². The Balaban J connectivity index is 2.08. The van der Waals surface area contributed by atoms with Crippen LogP contribution in [0.3, 0.4) is 0 Å². The van der Waals surface area contributed by atoms with Crippen molar-refractivity contribution in [2.45, 2.75) is 12.8 Å². The summed E-state index contributed by atoms with van der Waals surface area (Å²) in [5.74, 6) is 0.632. The largest absolute Gasteiger partial charge is 0.369 e. The monoisotopic (exact) mass is 309 g/mol. The molecular formula is C12H16BrN5. The molecule has 1 aliphatic heterocycles. The van der Waals surface area contributed by atoms with Crippen molar-refractivity contribution >= 4 is 33.5 Å². The number of nitrogens with zero attached hydrogens (tertiary/aromatic N) is 3. The first-order valence-corrected chi connectivity index (χ1v) is 6.63. The fourth-order valence-corrected chi connectivity index (χ4v) is 2.07. The van der Waals surface area contributed by atoms with Crippen LogP contribution in [-0.4, -0.2) is 29.9 Å². The molecule has 0 aliphatic carbocycles. The predicted molar refractivity (Wildman–Crippen MR) is 77.9 cm³/mol. The summed E-state index contributed by atoms with van der Waals surface area (Å²) in [6.07, 6.45) is 2.31. The Bertz CT molecular complexity index is 460. The third-order valence-electron chi connectivity index (χ3n) is 2.73. The summed E-state index contributed by atoms with van der Waals surface area (Å²) in [6, 6.07) is 7.52. The van der Waals surface area contributed by atoms with Gasteiger partial charge in [0.2, 0.25) is 5.96 Å². The summed E-state index contributed by atoms with van der Waals surface area (Å²) < 4.78 is 1.00. The minimum atomic E-state index is 0.182. The number of nitrogens with two attached hydrogens (primary N) is 2. The zero-order valence-electron chi connectivity index (χ0n) is 10.0. The van der Waals surface area contributed by atoms with Gasteiger partial charge >= 0.3 is 0 Å². The SMILES string of the molecule is NC(=Nc1ccc(Br)cc1)/N=C(\N)N1CCCC1. The van der Waals surface area contributed by atoms with E-state index in [4.69, 9.17) is 11.5 Å². The molecular weight excluding hydrogens is 294 g/mol. The van der Waals surface area contributed by atoms with Gasteiger partial charge in [0.15, 0.2) is 5.96 Å². The maximum absolute atomic E-state index is 5.87. The summed E-state index contributed by atoms with van der Waals surface area (Å²) >= 11 is 3.36. The number of benzene rings is 1. The number of likely N-dealkylation sites (tertiary alicyclic amines) is 1. The Morgan fingerprint density at radius 3 is 2.33 bits per heavy atom. The highest BCUT2D eigenvalue weighted by Crippen LogP contribution is 2.16. The van der Waals surface area contributed by atoms with Crippen LogP contribution in [0.4, 0.5) is 5.69 Å². The van der Waals surface area contributed by atoms with Crippen molar-refractivity contribution in [3.05, 3.63) is 28.7 Å². The lowest BCUT2D eigenvalue weighted by Crippen LogP contribution is -2.36. The van der Waals surface area contributed by atoms with Crippen molar-refractivity contribution in [1.29, 1.82) is 0 Å². The molecule has 0 atom stereocenters. The van der Waals surface area contributed by atoms with Gasteiger partial charge in [0.1, 0.15) is 0 Å². The Labute approximate surface area is 115 Å². The Hall–Kier alpha value is -1.56. The maximum Gasteiger partial charge on any atom is 0.223 e. The van der Waals surface area contributed by atoms with Crippen LogP contribution in [0.25, 0.3) is 0 Å². The van der Waals surface area contributed by atoms with Gasteiger partial charge < -0.3 is 16.4 Å². The normalized spacial score (nSPS) is 17.3. The van der Waals surface area contributed by atoms with Crippen LogP contribution in [0, 0.1) is 0 Å². The van der Waals surface area contributed by atoms with Gasteiger partial charge in [0.05, 0.1) is 5.69 Å². The number of hydrogen-bond acceptors (Lipinski definition) is 1. The number of halogens is 1. The number of aliphatic imine (C=N–C) groups is 2. The average molecular weight is 310 g/mol. The fraction of sp³-hybridized carbons (Fsp3) is 0.333. The van der Waals surface area contributed by atoms with E-state index in [1.165, 1.54) is 0 Å². The quantitative estimate of drug-likeness (QED) is 0.613. The summed E-state index contributed by atoms with van der Waals surface area (Å²) in [5, 5.41) is 0. The molecule has 0 bridgehead atoms. The molecule has 2 rings (SSSR count). The zero-order valence-corrected chi connectivity index (χ0v) is 11.6. The van der Waals surface area contributed by atoms with Gasteiger partial charge in [-0.25, -0.2) is 4.99 Å². The minimum Gasteiger partial charge on any atom is -0.369 e. The van der Waals surface area contributed by atoms with Crippen LogP contribution >= 0.6 is 15.9 Å². The summed E-state index contributed by atoms with van der Waals surface area (Å²) in [6.45, 7) is 1.89. The lowest BCUT2D eigenvalue weighted by atomic mass is 10.3. The molecule has 0 amide bonds. The van der Waals surface area contributed by atoms with Crippen LogP contribution < -0.4 is 11.5 Å². The highest BCUT2D eigenvalue weighted by Gasteiger charge is 2.13. The molecule has 18 heavy (non-hydrogen) atoms. The van der Waals surface area contributed by atoms with E-state index in [9.17, 15) is 0 Å². The van der Waals surface area contributed by atoms with Crippen molar-refractivity contribution in [3.8, 4) is 0 Å². The van der Waals surface area contributed by atoms with Gasteiger partial charge in [0, 0.05) is 17.6 Å². The second kappa shape index (κ2) is 5.86. The van der Waals surface area contributed by atoms with Gasteiger partial charge in [-0.1, -0.05) is 15.9 Å². The Morgan fingerprint density at radius 2 is 1.72 bits per heavy atom. The third kappa shape index (κ3) is 3.46. The molecule has 1 fully saturated rings. The zero-order chi connectivity index (χ0) is 13.0. The summed E-state index contributed by atoms with van der Waals surface area (Å²) in [4.78, 5) is 10.3. The van der Waals surface area contributed by atoms with Crippen LogP contribution in [0.15, 0.2) is 38.7 Å². The minimum absolute atomic E-state index is 0.182. The molecule has 1 heterocycles. The molecule has 1 aromatic rings. The third-order valence-corrected chi connectivity index (χ3v) is 3.26. The second-order valence-electron chi connectivity index (χ2n) is 4.11. The maximum atomic E-state index is 5.87. The number of rotatable bonds is 1. The van der Waals surface area contributed by atoms with Gasteiger partial charge in [-0.3, -0.25) is 0 Å². The van der Waals surface area contributed by atoms with Crippen molar-refractivity contribution in [2.75, 3.05) is 13.1 Å². The lowest BCUT2D eigenvalue weighted by molar-refractivity contribution is 0.514. The lowest BCUT2D eigenvalue weighted by Gasteiger charge is -2.15. The first-order chi connectivity index (χ1) is 8.65. The summed E-state index contributed by atoms with van der Waals surface area (Å²) in [7, 11) is 0. The highest BCUT2D eigenvalue weighted by molar-refractivity contribution is 9.10. The van der Waals surface area contributed by atoms with E-state index in [2.05, 4.69) is 25.9 Å². The predicted octanol–water partition coefficient (Wildman–Crippen LogP) is 1.81. The first-order valence-electron chi connectivity index (χ1n) is 5.84. The van der Waals surface area contributed by atoms with E-state index in [1.807, 2.05) is 29.2 Å². The molecule has 5 nitrogen and oxygen atoms in total. The van der Waals surface area contributed by atoms with E-state index in [1.54, 1.807) is 0 Å². The Morgan fingerprint density at radius 1 is 1.11 bits per heavy atom. The first kappa shape index (κ1) is 12.9. The standard InChI is InChI=1S/C12H16BrN5/c13-9-3-5-10(6-4-9)16-11(14)17-12(15)18-7-1-2-8-18/h3-6H,1-2,7-8H2,(H4,14,15,16,17). The number of guanidine groups is 2. The van der Waals surface area contributed by atoms with E-state index in [0.29, 0.717) is 5.96 Å². The van der Waals surface area contributed by atoms with E-state index < -0.39 is 0 Å². The van der Waals surface area contributed by atoms with E-state index in [0.717, 1.165) is 36.1 Å². The fourth-order valence-electron chi connectivity index (χ4n) is 1.81. The van der Waals surface area contributed by atoms with Crippen molar-refractivity contribution < 1.29 is 0 Å². The van der Waals surface area contributed by atoms with Crippen molar-refractivity contribution in [2.24, 2.45) is 21.5 Å². The molecule has 4 N–H and O–H groups in total. The molecule has 1 saturated heterocycles. The molecule has 96 valence electrons. The molecule has 0 unspecified atom stereocenters. The molecule has 0 spiro atoms. The van der Waals surface area contributed by atoms with Crippen LogP contribution in [0.1, 0.15) is 12.8 Å². The van der Waals surface area contributed by atoms with Gasteiger partial charge in [-0.15, -0.1) is 0 Å². The van der Waals surface area contributed by atoms with Crippen molar-refractivity contribution in [3.63, 3.8) is 0 Å². The molecule has 1 aliphatic rings. The smallest absolute Gasteiger partial charge is 0.223 e. The average Bonchev–Trinajstić information content (AvgIpc) is 2.85. The molecule has 0 radical (unpaired) electrons. The summed E-state index contributed by atoms with van der Waals surface area (Å²) in [5.41, 5.74) is 12.4. The Kier molecular flexibility index (Phi) is 4.19. The van der Waals surface area contributed by atoms with E-state index >= 15 is 0 Å².